The molecule has 0 aliphatic carbocycles. The Bertz CT molecular complexity index is 636. The summed E-state index contributed by atoms with van der Waals surface area (Å²) in [6.07, 6.45) is -2.56. The number of hydrogen-bond acceptors (Lipinski definition) is 7. The van der Waals surface area contributed by atoms with Crippen LogP contribution in [0, 0.1) is 5.41 Å². The number of carbonyl (C=O) groups is 1. The molecular formula is C13H17F3N6O3. The third-order valence-electron chi connectivity index (χ3n) is 2.55. The van der Waals surface area contributed by atoms with Gasteiger partial charge in [-0.2, -0.15) is 18.2 Å². The van der Waals surface area contributed by atoms with Crippen LogP contribution < -0.4 is 15.8 Å². The minimum Gasteiger partial charge on any atom is -0.469 e. The van der Waals surface area contributed by atoms with E-state index in [4.69, 9.17) is 15.9 Å². The molecule has 0 amide bonds. The minimum atomic E-state index is -4.47. The molecule has 12 heteroatoms. The van der Waals surface area contributed by atoms with Gasteiger partial charge in [-0.1, -0.05) is 0 Å². The lowest BCUT2D eigenvalue weighted by atomic mass is 10.2. The van der Waals surface area contributed by atoms with Crippen LogP contribution in [0.15, 0.2) is 17.3 Å². The summed E-state index contributed by atoms with van der Waals surface area (Å²) in [4.78, 5) is 21.7. The van der Waals surface area contributed by atoms with E-state index in [-0.39, 0.29) is 30.6 Å². The highest BCUT2D eigenvalue weighted by atomic mass is 19.4. The molecule has 0 aliphatic rings. The van der Waals surface area contributed by atoms with Gasteiger partial charge in [0.2, 0.25) is 0 Å². The molecular weight excluding hydrogens is 345 g/mol. The molecule has 138 valence electrons. The van der Waals surface area contributed by atoms with E-state index in [2.05, 4.69) is 25.0 Å². The fourth-order valence-electron chi connectivity index (χ4n) is 1.46. The predicted octanol–water partition coefficient (Wildman–Crippen LogP) is 1.46. The number of aromatic nitrogens is 2. The number of methoxy groups -OCH3 is 1. The smallest absolute Gasteiger partial charge is 0.408 e. The van der Waals surface area contributed by atoms with Crippen LogP contribution in [-0.2, 0) is 9.53 Å². The fourth-order valence-corrected chi connectivity index (χ4v) is 1.46. The third-order valence-corrected chi connectivity index (χ3v) is 2.55. The first-order valence-corrected chi connectivity index (χ1v) is 6.98. The number of nitrogens with two attached hydrogens (primary N) is 1. The standard InChI is InChI=1S/C13H17F3N6O3/c1-24-10(23)4-2-3-8(17)25-12-19-6-5-9(22-12)21-11(18)20-7-13(14,15)16/h5-6,17H,2-4,7H2,1H3,(H3,18,19,20,21,22). The van der Waals surface area contributed by atoms with Gasteiger partial charge in [-0.3, -0.25) is 10.2 Å². The highest BCUT2D eigenvalue weighted by Gasteiger charge is 2.26. The number of rotatable bonds is 7. The number of guanidine groups is 1. The SMILES string of the molecule is COC(=O)CCCC(=N)Oc1nccc(NC(N)=NCC(F)(F)F)n1. The normalized spacial score (nSPS) is 11.8. The highest BCUT2D eigenvalue weighted by molar-refractivity contribution is 5.91. The van der Waals surface area contributed by atoms with Crippen molar-refractivity contribution in [1.82, 2.24) is 9.97 Å². The van der Waals surface area contributed by atoms with Crippen molar-refractivity contribution in [2.45, 2.75) is 25.4 Å². The molecule has 1 aromatic rings. The Morgan fingerprint density at radius 3 is 2.80 bits per heavy atom. The molecule has 0 atom stereocenters. The maximum atomic E-state index is 12.0. The van der Waals surface area contributed by atoms with Crippen molar-refractivity contribution in [3.05, 3.63) is 12.3 Å². The molecule has 0 spiro atoms. The van der Waals surface area contributed by atoms with Crippen LogP contribution >= 0.6 is 0 Å². The molecule has 0 aliphatic heterocycles. The van der Waals surface area contributed by atoms with Gasteiger partial charge in [0.05, 0.1) is 7.11 Å². The monoisotopic (exact) mass is 362 g/mol. The molecule has 4 N–H and O–H groups in total. The zero-order chi connectivity index (χ0) is 18.9. The second kappa shape index (κ2) is 9.39. The average molecular weight is 362 g/mol. The summed E-state index contributed by atoms with van der Waals surface area (Å²) in [5.74, 6) is -1.01. The van der Waals surface area contributed by atoms with Crippen molar-refractivity contribution < 1.29 is 27.4 Å². The minimum absolute atomic E-state index is 0.0517. The number of nitrogens with zero attached hydrogens (tertiary/aromatic N) is 3. The van der Waals surface area contributed by atoms with Crippen molar-refractivity contribution in [3.63, 3.8) is 0 Å². The number of aliphatic imine (C=N–C) groups is 1. The van der Waals surface area contributed by atoms with E-state index in [0.29, 0.717) is 6.42 Å². The van der Waals surface area contributed by atoms with Crippen molar-refractivity contribution >= 4 is 23.6 Å². The van der Waals surface area contributed by atoms with Crippen molar-refractivity contribution in [1.29, 1.82) is 5.41 Å². The number of anilines is 1. The van der Waals surface area contributed by atoms with Crippen LogP contribution in [0.3, 0.4) is 0 Å². The molecule has 0 unspecified atom stereocenters. The summed E-state index contributed by atoms with van der Waals surface area (Å²) in [6.45, 7) is -1.43. The maximum absolute atomic E-state index is 12.0. The largest absolute Gasteiger partial charge is 0.469 e. The first kappa shape index (κ1) is 20.1. The Hall–Kier alpha value is -2.92. The van der Waals surface area contributed by atoms with Gasteiger partial charge < -0.3 is 20.5 Å². The van der Waals surface area contributed by atoms with Gasteiger partial charge >= 0.3 is 18.2 Å². The van der Waals surface area contributed by atoms with Crippen molar-refractivity contribution in [2.75, 3.05) is 19.0 Å². The Labute approximate surface area is 141 Å². The molecule has 1 heterocycles. The summed E-state index contributed by atoms with van der Waals surface area (Å²) in [5, 5.41) is 9.98. The van der Waals surface area contributed by atoms with Gasteiger partial charge in [-0.25, -0.2) is 9.98 Å². The molecule has 0 fully saturated rings. The highest BCUT2D eigenvalue weighted by Crippen LogP contribution is 2.14. The number of carbonyl (C=O) groups excluding carboxylic acids is 1. The Morgan fingerprint density at radius 2 is 2.16 bits per heavy atom. The molecule has 1 rings (SSSR count). The summed E-state index contributed by atoms with van der Waals surface area (Å²) in [5.41, 5.74) is 5.32. The number of nitrogens with one attached hydrogen (secondary N) is 2. The van der Waals surface area contributed by atoms with Crippen molar-refractivity contribution in [2.24, 2.45) is 10.7 Å². The number of alkyl halides is 3. The zero-order valence-corrected chi connectivity index (χ0v) is 13.3. The second-order valence-corrected chi connectivity index (χ2v) is 4.62. The average Bonchev–Trinajstić information content (AvgIpc) is 2.52. The summed E-state index contributed by atoms with van der Waals surface area (Å²) in [6, 6.07) is 1.14. The van der Waals surface area contributed by atoms with E-state index in [1.807, 2.05) is 0 Å². The van der Waals surface area contributed by atoms with Crippen LogP contribution in [0.2, 0.25) is 0 Å². The number of ether oxygens (including phenoxy) is 2. The Morgan fingerprint density at radius 1 is 1.44 bits per heavy atom. The lowest BCUT2D eigenvalue weighted by Crippen LogP contribution is -2.26. The molecule has 0 bridgehead atoms. The Kier molecular flexibility index (Phi) is 7.56. The van der Waals surface area contributed by atoms with Crippen LogP contribution in [0.4, 0.5) is 19.0 Å². The van der Waals surface area contributed by atoms with E-state index < -0.39 is 24.6 Å². The van der Waals surface area contributed by atoms with E-state index in [1.54, 1.807) is 0 Å². The lowest BCUT2D eigenvalue weighted by molar-refractivity contribution is -0.140. The quantitative estimate of drug-likeness (QED) is 0.379. The zero-order valence-electron chi connectivity index (χ0n) is 13.3. The topological polar surface area (TPSA) is 136 Å². The van der Waals surface area contributed by atoms with Gasteiger partial charge in [0.15, 0.2) is 11.9 Å². The van der Waals surface area contributed by atoms with E-state index >= 15 is 0 Å². The van der Waals surface area contributed by atoms with Gasteiger partial charge in [-0.15, -0.1) is 0 Å². The summed E-state index contributed by atoms with van der Waals surface area (Å²) in [7, 11) is 1.26. The first-order chi connectivity index (χ1) is 11.7. The van der Waals surface area contributed by atoms with Gasteiger partial charge in [0.1, 0.15) is 12.4 Å². The fraction of sp³-hybridized carbons (Fsp3) is 0.462. The van der Waals surface area contributed by atoms with Crippen LogP contribution in [0.1, 0.15) is 19.3 Å². The van der Waals surface area contributed by atoms with Gasteiger partial charge in [-0.05, 0) is 12.5 Å². The van der Waals surface area contributed by atoms with E-state index in [9.17, 15) is 18.0 Å². The molecule has 0 saturated carbocycles. The maximum Gasteiger partial charge on any atom is 0.408 e. The first-order valence-electron chi connectivity index (χ1n) is 6.98. The Balaban J connectivity index is 2.54. The molecule has 9 nitrogen and oxygen atoms in total. The predicted molar refractivity (Wildman–Crippen MR) is 82.4 cm³/mol. The second-order valence-electron chi connectivity index (χ2n) is 4.62. The van der Waals surface area contributed by atoms with E-state index in [0.717, 1.165) is 0 Å². The number of hydrogen-bond donors (Lipinski definition) is 3. The lowest BCUT2D eigenvalue weighted by Gasteiger charge is -2.08. The van der Waals surface area contributed by atoms with Crippen LogP contribution in [0.25, 0.3) is 0 Å². The third kappa shape index (κ3) is 9.07. The molecule has 1 aromatic heterocycles. The van der Waals surface area contributed by atoms with E-state index in [1.165, 1.54) is 19.4 Å². The van der Waals surface area contributed by atoms with Gasteiger partial charge in [0.25, 0.3) is 0 Å². The molecule has 25 heavy (non-hydrogen) atoms. The van der Waals surface area contributed by atoms with Crippen molar-refractivity contribution in [3.8, 4) is 6.01 Å². The number of halogens is 3. The summed E-state index contributed by atoms with van der Waals surface area (Å²) >= 11 is 0. The van der Waals surface area contributed by atoms with Crippen LogP contribution in [-0.4, -0.2) is 47.6 Å². The number of esters is 1. The molecule has 0 saturated heterocycles. The molecule has 0 radical (unpaired) electrons. The van der Waals surface area contributed by atoms with Gasteiger partial charge in [0, 0.05) is 19.0 Å². The van der Waals surface area contributed by atoms with Crippen LogP contribution in [0.5, 0.6) is 6.01 Å². The summed E-state index contributed by atoms with van der Waals surface area (Å²) < 4.78 is 45.7. The molecule has 0 aromatic carbocycles.